The largest absolute Gasteiger partial charge is 0.396 e. The SMILES string of the molecule is Nc1cc(S(=O)(=O)N2CCC(CCO)C2)c(Br)cc1F. The Morgan fingerprint density at radius 3 is 2.85 bits per heavy atom. The topological polar surface area (TPSA) is 83.6 Å². The highest BCUT2D eigenvalue weighted by molar-refractivity contribution is 9.10. The van der Waals surface area contributed by atoms with Crippen LogP contribution in [-0.2, 0) is 10.0 Å². The summed E-state index contributed by atoms with van der Waals surface area (Å²) in [5.74, 6) is -0.498. The number of rotatable bonds is 4. The van der Waals surface area contributed by atoms with Gasteiger partial charge in [0.1, 0.15) is 5.82 Å². The van der Waals surface area contributed by atoms with E-state index in [0.29, 0.717) is 25.9 Å². The van der Waals surface area contributed by atoms with Crippen molar-refractivity contribution in [1.82, 2.24) is 4.31 Å². The van der Waals surface area contributed by atoms with Crippen molar-refractivity contribution < 1.29 is 17.9 Å². The maximum atomic E-state index is 13.3. The van der Waals surface area contributed by atoms with Gasteiger partial charge in [-0.3, -0.25) is 0 Å². The number of nitrogen functional groups attached to an aromatic ring is 1. The van der Waals surface area contributed by atoms with Crippen LogP contribution in [0.1, 0.15) is 12.8 Å². The van der Waals surface area contributed by atoms with Gasteiger partial charge in [0.05, 0.1) is 10.6 Å². The fourth-order valence-electron chi connectivity index (χ4n) is 2.32. The third kappa shape index (κ3) is 2.98. The second kappa shape index (κ2) is 5.97. The van der Waals surface area contributed by atoms with Gasteiger partial charge in [-0.2, -0.15) is 4.31 Å². The lowest BCUT2D eigenvalue weighted by molar-refractivity contribution is 0.259. The zero-order valence-electron chi connectivity index (χ0n) is 10.7. The summed E-state index contributed by atoms with van der Waals surface area (Å²) in [7, 11) is -3.70. The summed E-state index contributed by atoms with van der Waals surface area (Å²) in [6.45, 7) is 0.815. The predicted octanol–water partition coefficient (Wildman–Crippen LogP) is 1.56. The number of sulfonamides is 1. The highest BCUT2D eigenvalue weighted by Gasteiger charge is 2.33. The van der Waals surface area contributed by atoms with Gasteiger partial charge < -0.3 is 10.8 Å². The normalized spacial score (nSPS) is 20.4. The molecule has 1 aliphatic rings. The standard InChI is InChI=1S/C12H16BrFN2O3S/c13-9-5-10(14)11(15)6-12(9)20(18,19)16-3-1-8(7-16)2-4-17/h5-6,8,17H,1-4,7,15H2. The second-order valence-corrected chi connectivity index (χ2v) is 7.59. The van der Waals surface area contributed by atoms with Crippen molar-refractivity contribution in [3.05, 3.63) is 22.4 Å². The van der Waals surface area contributed by atoms with Crippen LogP contribution in [0, 0.1) is 11.7 Å². The monoisotopic (exact) mass is 366 g/mol. The molecule has 1 saturated heterocycles. The van der Waals surface area contributed by atoms with Crippen molar-refractivity contribution in [1.29, 1.82) is 0 Å². The summed E-state index contributed by atoms with van der Waals surface area (Å²) >= 11 is 3.07. The number of benzene rings is 1. The number of hydrogen-bond donors (Lipinski definition) is 2. The van der Waals surface area contributed by atoms with Crippen molar-refractivity contribution in [2.75, 3.05) is 25.4 Å². The van der Waals surface area contributed by atoms with Crippen LogP contribution in [0.25, 0.3) is 0 Å². The molecule has 0 aromatic heterocycles. The van der Waals surface area contributed by atoms with Gasteiger partial charge in [-0.25, -0.2) is 12.8 Å². The molecule has 1 aromatic carbocycles. The number of hydrogen-bond acceptors (Lipinski definition) is 4. The Hall–Kier alpha value is -0.700. The fourth-order valence-corrected chi connectivity index (χ4v) is 4.86. The van der Waals surface area contributed by atoms with Gasteiger partial charge in [0, 0.05) is 24.2 Å². The molecule has 0 saturated carbocycles. The molecule has 112 valence electrons. The Morgan fingerprint density at radius 2 is 2.20 bits per heavy atom. The zero-order valence-corrected chi connectivity index (χ0v) is 13.1. The maximum absolute atomic E-state index is 13.3. The van der Waals surface area contributed by atoms with Gasteiger partial charge in [-0.15, -0.1) is 0 Å². The first kappa shape index (κ1) is 15.7. The van der Waals surface area contributed by atoms with Crippen LogP contribution in [0.3, 0.4) is 0 Å². The maximum Gasteiger partial charge on any atom is 0.244 e. The molecule has 20 heavy (non-hydrogen) atoms. The molecule has 1 aromatic rings. The quantitative estimate of drug-likeness (QED) is 0.792. The van der Waals surface area contributed by atoms with Crippen LogP contribution in [0.4, 0.5) is 10.1 Å². The van der Waals surface area contributed by atoms with E-state index in [9.17, 15) is 12.8 Å². The van der Waals surface area contributed by atoms with Crippen molar-refractivity contribution in [2.24, 2.45) is 5.92 Å². The number of aliphatic hydroxyl groups is 1. The fraction of sp³-hybridized carbons (Fsp3) is 0.500. The summed E-state index contributed by atoms with van der Waals surface area (Å²) in [6, 6.07) is 2.19. The van der Waals surface area contributed by atoms with E-state index >= 15 is 0 Å². The first-order valence-corrected chi connectivity index (χ1v) is 8.45. The molecular formula is C12H16BrFN2O3S. The van der Waals surface area contributed by atoms with Gasteiger partial charge in [0.15, 0.2) is 0 Å². The molecule has 1 fully saturated rings. The van der Waals surface area contributed by atoms with Crippen LogP contribution in [0.15, 0.2) is 21.5 Å². The van der Waals surface area contributed by atoms with E-state index in [0.717, 1.165) is 12.1 Å². The van der Waals surface area contributed by atoms with E-state index in [-0.39, 0.29) is 27.6 Å². The molecule has 0 bridgehead atoms. The third-order valence-electron chi connectivity index (χ3n) is 3.45. The highest BCUT2D eigenvalue weighted by atomic mass is 79.9. The van der Waals surface area contributed by atoms with Gasteiger partial charge in [-0.05, 0) is 46.8 Å². The van der Waals surface area contributed by atoms with E-state index in [1.165, 1.54) is 4.31 Å². The van der Waals surface area contributed by atoms with Crippen LogP contribution >= 0.6 is 15.9 Å². The van der Waals surface area contributed by atoms with Crippen LogP contribution < -0.4 is 5.73 Å². The number of anilines is 1. The van der Waals surface area contributed by atoms with Crippen LogP contribution in [-0.4, -0.2) is 37.5 Å². The van der Waals surface area contributed by atoms with E-state index in [2.05, 4.69) is 15.9 Å². The minimum atomic E-state index is -3.70. The number of halogens is 2. The van der Waals surface area contributed by atoms with Crippen molar-refractivity contribution >= 4 is 31.6 Å². The lowest BCUT2D eigenvalue weighted by atomic mass is 10.1. The summed E-state index contributed by atoms with van der Waals surface area (Å²) < 4.78 is 39.9. The van der Waals surface area contributed by atoms with E-state index in [1.54, 1.807) is 0 Å². The highest BCUT2D eigenvalue weighted by Crippen LogP contribution is 2.32. The molecule has 1 atom stereocenters. The molecule has 1 aliphatic heterocycles. The first-order valence-electron chi connectivity index (χ1n) is 6.21. The first-order chi connectivity index (χ1) is 9.36. The summed E-state index contributed by atoms with van der Waals surface area (Å²) in [5.41, 5.74) is 5.25. The molecule has 0 amide bonds. The molecule has 2 rings (SSSR count). The number of aliphatic hydroxyl groups excluding tert-OH is 1. The molecule has 3 N–H and O–H groups in total. The predicted molar refractivity (Wildman–Crippen MR) is 77.1 cm³/mol. The van der Waals surface area contributed by atoms with E-state index in [1.807, 2.05) is 0 Å². The molecule has 0 spiro atoms. The molecule has 1 unspecified atom stereocenters. The average Bonchev–Trinajstić information content (AvgIpc) is 2.83. The summed E-state index contributed by atoms with van der Waals surface area (Å²) in [6.07, 6.45) is 1.30. The Bertz CT molecular complexity index is 609. The minimum absolute atomic E-state index is 0.0268. The summed E-state index contributed by atoms with van der Waals surface area (Å²) in [5, 5.41) is 8.91. The van der Waals surface area contributed by atoms with Crippen molar-refractivity contribution in [3.63, 3.8) is 0 Å². The molecule has 0 aliphatic carbocycles. The van der Waals surface area contributed by atoms with E-state index in [4.69, 9.17) is 10.8 Å². The summed E-state index contributed by atoms with van der Waals surface area (Å²) in [4.78, 5) is -0.0268. The number of nitrogens with two attached hydrogens (primary N) is 1. The van der Waals surface area contributed by atoms with Gasteiger partial charge in [0.25, 0.3) is 0 Å². The Morgan fingerprint density at radius 1 is 1.50 bits per heavy atom. The molecule has 8 heteroatoms. The van der Waals surface area contributed by atoms with Gasteiger partial charge in [-0.1, -0.05) is 0 Å². The third-order valence-corrected chi connectivity index (χ3v) is 6.28. The Balaban J connectivity index is 2.30. The molecule has 0 radical (unpaired) electrons. The average molecular weight is 367 g/mol. The van der Waals surface area contributed by atoms with Crippen LogP contribution in [0.5, 0.6) is 0 Å². The van der Waals surface area contributed by atoms with Crippen LogP contribution in [0.2, 0.25) is 0 Å². The van der Waals surface area contributed by atoms with Gasteiger partial charge >= 0.3 is 0 Å². The minimum Gasteiger partial charge on any atom is -0.396 e. The Kier molecular flexibility index (Phi) is 4.68. The van der Waals surface area contributed by atoms with Crippen molar-refractivity contribution in [3.8, 4) is 0 Å². The molecule has 5 nitrogen and oxygen atoms in total. The molecular weight excluding hydrogens is 351 g/mol. The van der Waals surface area contributed by atoms with Gasteiger partial charge in [0.2, 0.25) is 10.0 Å². The van der Waals surface area contributed by atoms with E-state index < -0.39 is 15.8 Å². The second-order valence-electron chi connectivity index (χ2n) is 4.83. The lowest BCUT2D eigenvalue weighted by Crippen LogP contribution is -2.29. The molecule has 1 heterocycles. The van der Waals surface area contributed by atoms with Crippen molar-refractivity contribution in [2.45, 2.75) is 17.7 Å². The lowest BCUT2D eigenvalue weighted by Gasteiger charge is -2.18. The smallest absolute Gasteiger partial charge is 0.244 e. The number of nitrogens with zero attached hydrogens (tertiary/aromatic N) is 1. The Labute approximate surface area is 125 Å². The zero-order chi connectivity index (χ0) is 14.9.